The van der Waals surface area contributed by atoms with Gasteiger partial charge in [-0.05, 0) is 61.6 Å². The minimum atomic E-state index is -0.371. The minimum Gasteiger partial charge on any atom is -0.446 e. The number of hydrogen-bond acceptors (Lipinski definition) is 6. The average molecular weight is 568 g/mol. The van der Waals surface area contributed by atoms with Crippen LogP contribution in [0.4, 0.5) is 10.5 Å². The van der Waals surface area contributed by atoms with Gasteiger partial charge in [0.25, 0.3) is 5.91 Å². The van der Waals surface area contributed by atoms with Gasteiger partial charge in [0, 0.05) is 94.2 Å². The number of aryl methyl sites for hydroxylation is 1. The molecule has 2 atom stereocenters. The van der Waals surface area contributed by atoms with Crippen LogP contribution in [0, 0.1) is 18.8 Å². The van der Waals surface area contributed by atoms with Crippen molar-refractivity contribution in [3.63, 3.8) is 0 Å². The highest BCUT2D eigenvalue weighted by Crippen LogP contribution is 2.32. The number of carbonyl (C=O) groups is 3. The Hall–Kier alpha value is -3.17. The lowest BCUT2D eigenvalue weighted by molar-refractivity contribution is -0.130. The Balaban J connectivity index is 1.14. The maximum Gasteiger partial charge on any atom is 0.414 e. The van der Waals surface area contributed by atoms with Crippen LogP contribution >= 0.6 is 11.6 Å². The quantitative estimate of drug-likeness (QED) is 0.501. The lowest BCUT2D eigenvalue weighted by Crippen LogP contribution is -2.43. The number of fused-ring (bicyclic) bond motifs is 1. The summed E-state index contributed by atoms with van der Waals surface area (Å²) in [4.78, 5) is 49.8. The summed E-state index contributed by atoms with van der Waals surface area (Å²) >= 11 is 6.41. The van der Waals surface area contributed by atoms with Crippen molar-refractivity contribution in [3.8, 4) is 0 Å². The third-order valence-electron chi connectivity index (χ3n) is 8.47. The van der Waals surface area contributed by atoms with Crippen molar-refractivity contribution in [2.24, 2.45) is 11.8 Å². The summed E-state index contributed by atoms with van der Waals surface area (Å²) in [5, 5.41) is 0.614. The molecule has 214 valence electrons. The van der Waals surface area contributed by atoms with E-state index in [0.29, 0.717) is 54.9 Å². The van der Waals surface area contributed by atoms with Crippen LogP contribution in [0.3, 0.4) is 0 Å². The Bertz CT molecular complexity index is 1210. The molecule has 40 heavy (non-hydrogen) atoms. The molecule has 0 aliphatic carbocycles. The van der Waals surface area contributed by atoms with E-state index in [1.54, 1.807) is 41.2 Å². The Morgan fingerprint density at radius 3 is 2.30 bits per heavy atom. The van der Waals surface area contributed by atoms with Crippen LogP contribution in [-0.2, 0) is 9.53 Å². The van der Waals surface area contributed by atoms with Gasteiger partial charge in [0.05, 0.1) is 0 Å². The monoisotopic (exact) mass is 567 g/mol. The molecular weight excluding hydrogens is 530 g/mol. The van der Waals surface area contributed by atoms with E-state index < -0.39 is 0 Å². The van der Waals surface area contributed by atoms with Gasteiger partial charge in [-0.2, -0.15) is 0 Å². The SMILES string of the molecule is CC(=O)N1CCC(OC(=O)N(CCCN2CC3CN(C(=O)c4ccncc4)CC3C2)c2ccc(C)c(Cl)c2)CC1. The third-order valence-corrected chi connectivity index (χ3v) is 8.88. The summed E-state index contributed by atoms with van der Waals surface area (Å²) in [7, 11) is 0. The van der Waals surface area contributed by atoms with Crippen LogP contribution < -0.4 is 4.90 Å². The van der Waals surface area contributed by atoms with Crippen molar-refractivity contribution in [3.05, 3.63) is 58.9 Å². The van der Waals surface area contributed by atoms with Crippen LogP contribution in [0.5, 0.6) is 0 Å². The van der Waals surface area contributed by atoms with Crippen LogP contribution in [0.25, 0.3) is 0 Å². The molecule has 0 saturated carbocycles. The number of halogens is 1. The maximum atomic E-state index is 13.4. The molecule has 2 unspecified atom stereocenters. The van der Waals surface area contributed by atoms with E-state index in [4.69, 9.17) is 16.3 Å². The smallest absolute Gasteiger partial charge is 0.414 e. The van der Waals surface area contributed by atoms with Gasteiger partial charge in [0.1, 0.15) is 6.10 Å². The van der Waals surface area contributed by atoms with Crippen molar-refractivity contribution in [1.29, 1.82) is 0 Å². The van der Waals surface area contributed by atoms with E-state index >= 15 is 0 Å². The number of nitrogens with zero attached hydrogens (tertiary/aromatic N) is 5. The Morgan fingerprint density at radius 2 is 1.68 bits per heavy atom. The number of aromatic nitrogens is 1. The summed E-state index contributed by atoms with van der Waals surface area (Å²) < 4.78 is 5.91. The Labute approximate surface area is 241 Å². The number of amides is 3. The van der Waals surface area contributed by atoms with Gasteiger partial charge in [-0.3, -0.25) is 19.5 Å². The lowest BCUT2D eigenvalue weighted by Gasteiger charge is -2.32. The second-order valence-corrected chi connectivity index (χ2v) is 11.7. The predicted octanol–water partition coefficient (Wildman–Crippen LogP) is 4.09. The number of benzene rings is 1. The number of carbonyl (C=O) groups excluding carboxylic acids is 3. The van der Waals surface area contributed by atoms with Crippen molar-refractivity contribution in [1.82, 2.24) is 19.7 Å². The molecule has 4 heterocycles. The number of rotatable bonds is 7. The molecular formula is C30H38ClN5O4. The van der Waals surface area contributed by atoms with E-state index in [-0.39, 0.29) is 24.0 Å². The Kier molecular flexibility index (Phi) is 8.90. The zero-order valence-corrected chi connectivity index (χ0v) is 24.1. The standard InChI is InChI=1S/C30H38ClN5O4/c1-21-4-5-26(16-28(21)31)36(30(39)40-27-8-14-34(15-9-27)22(2)37)13-3-12-33-17-24-19-35(20-25(24)18-33)29(38)23-6-10-32-11-7-23/h4-7,10-11,16,24-25,27H,3,8-9,12-15,17-20H2,1-2H3. The number of likely N-dealkylation sites (tertiary alicyclic amines) is 3. The fraction of sp³-hybridized carbons (Fsp3) is 0.533. The highest BCUT2D eigenvalue weighted by molar-refractivity contribution is 6.31. The second kappa shape index (κ2) is 12.6. The van der Waals surface area contributed by atoms with Gasteiger partial charge in [-0.15, -0.1) is 0 Å². The first-order valence-corrected chi connectivity index (χ1v) is 14.6. The number of ether oxygens (including phenoxy) is 1. The highest BCUT2D eigenvalue weighted by Gasteiger charge is 2.41. The van der Waals surface area contributed by atoms with Gasteiger partial charge in [0.15, 0.2) is 0 Å². The number of piperidine rings is 1. The second-order valence-electron chi connectivity index (χ2n) is 11.3. The van der Waals surface area contributed by atoms with Crippen molar-refractivity contribution in [2.45, 2.75) is 39.2 Å². The summed E-state index contributed by atoms with van der Waals surface area (Å²) in [6.45, 7) is 9.58. The van der Waals surface area contributed by atoms with Crippen LogP contribution in [0.15, 0.2) is 42.7 Å². The molecule has 3 aliphatic rings. The van der Waals surface area contributed by atoms with Crippen molar-refractivity contribution >= 4 is 35.2 Å². The van der Waals surface area contributed by atoms with Gasteiger partial charge in [0.2, 0.25) is 5.91 Å². The fourth-order valence-electron chi connectivity index (χ4n) is 6.14. The molecule has 0 radical (unpaired) electrons. The predicted molar refractivity (Wildman–Crippen MR) is 153 cm³/mol. The summed E-state index contributed by atoms with van der Waals surface area (Å²) in [6, 6.07) is 9.20. The summed E-state index contributed by atoms with van der Waals surface area (Å²) in [5.41, 5.74) is 2.38. The summed E-state index contributed by atoms with van der Waals surface area (Å²) in [6.07, 6.45) is 4.82. The molecule has 3 saturated heterocycles. The van der Waals surface area contributed by atoms with E-state index in [1.165, 1.54) is 0 Å². The molecule has 1 aromatic carbocycles. The number of pyridine rings is 1. The molecule has 1 aromatic heterocycles. The maximum absolute atomic E-state index is 13.4. The minimum absolute atomic E-state index is 0.0554. The third kappa shape index (κ3) is 6.58. The first kappa shape index (κ1) is 28.4. The molecule has 9 nitrogen and oxygen atoms in total. The van der Waals surface area contributed by atoms with Gasteiger partial charge in [-0.1, -0.05) is 17.7 Å². The topological polar surface area (TPSA) is 86.3 Å². The number of anilines is 1. The molecule has 3 amide bonds. The molecule has 10 heteroatoms. The van der Waals surface area contributed by atoms with Crippen LogP contribution in [0.2, 0.25) is 5.02 Å². The molecule has 2 aromatic rings. The van der Waals surface area contributed by atoms with E-state index in [2.05, 4.69) is 9.88 Å². The van der Waals surface area contributed by atoms with Gasteiger partial charge in [-0.25, -0.2) is 4.79 Å². The first-order chi connectivity index (χ1) is 19.3. The van der Waals surface area contributed by atoms with E-state index in [9.17, 15) is 14.4 Å². The van der Waals surface area contributed by atoms with Crippen LogP contribution in [0.1, 0.15) is 42.1 Å². The van der Waals surface area contributed by atoms with Crippen LogP contribution in [-0.4, -0.2) is 96.1 Å². The summed E-state index contributed by atoms with van der Waals surface area (Å²) in [5.74, 6) is 1.09. The van der Waals surface area contributed by atoms with Crippen molar-refractivity contribution < 1.29 is 19.1 Å². The lowest BCUT2D eigenvalue weighted by atomic mass is 10.0. The zero-order valence-electron chi connectivity index (χ0n) is 23.3. The first-order valence-electron chi connectivity index (χ1n) is 14.2. The largest absolute Gasteiger partial charge is 0.446 e. The molecule has 3 aliphatic heterocycles. The molecule has 0 spiro atoms. The van der Waals surface area contributed by atoms with E-state index in [0.717, 1.165) is 50.4 Å². The molecule has 5 rings (SSSR count). The van der Waals surface area contributed by atoms with Gasteiger partial charge < -0.3 is 19.4 Å². The molecule has 0 N–H and O–H groups in total. The van der Waals surface area contributed by atoms with Crippen molar-refractivity contribution in [2.75, 3.05) is 57.3 Å². The Morgan fingerprint density at radius 1 is 1.00 bits per heavy atom. The highest BCUT2D eigenvalue weighted by atomic mass is 35.5. The van der Waals surface area contributed by atoms with Gasteiger partial charge >= 0.3 is 6.09 Å². The molecule has 3 fully saturated rings. The fourth-order valence-corrected chi connectivity index (χ4v) is 6.31. The van der Waals surface area contributed by atoms with E-state index in [1.807, 2.05) is 30.0 Å². The average Bonchev–Trinajstić information content (AvgIpc) is 3.52. The number of hydrogen-bond donors (Lipinski definition) is 0. The normalized spacial score (nSPS) is 21.4. The zero-order chi connectivity index (χ0) is 28.2. The molecule has 0 bridgehead atoms.